The molecule has 1 radical (unpaired) electrons. The third-order valence-corrected chi connectivity index (χ3v) is 6.25. The number of allylic oxidation sites excluding steroid dienone is 5. The Hall–Kier alpha value is -3.86. The summed E-state index contributed by atoms with van der Waals surface area (Å²) in [6.45, 7) is 0. The molecule has 1 atom stereocenters. The number of hydrogen-bond acceptors (Lipinski definition) is 3. The summed E-state index contributed by atoms with van der Waals surface area (Å²) in [5, 5.41) is 5.86. The molecule has 5 aliphatic heterocycles. The zero-order chi connectivity index (χ0) is 20.4. The van der Waals surface area contributed by atoms with Crippen molar-refractivity contribution < 1.29 is 0 Å². The van der Waals surface area contributed by atoms with Crippen LogP contribution in [0, 0.1) is 0 Å². The Kier molecular flexibility index (Phi) is 3.31. The number of nitrogens with zero attached hydrogens (tertiary/aromatic N) is 2. The van der Waals surface area contributed by atoms with Crippen LogP contribution in [-0.4, -0.2) is 23.7 Å². The summed E-state index contributed by atoms with van der Waals surface area (Å²) in [6.07, 6.45) is 20.0. The van der Waals surface area contributed by atoms with Gasteiger partial charge in [0.1, 0.15) is 0 Å². The van der Waals surface area contributed by atoms with Gasteiger partial charge in [-0.05, 0) is 72.7 Å². The molecule has 4 nitrogen and oxygen atoms in total. The number of aromatic amines is 1. The molecule has 2 aromatic rings. The largest absolute Gasteiger partial charge is 0.372 e. The second kappa shape index (κ2) is 6.08. The van der Waals surface area contributed by atoms with E-state index in [0.717, 1.165) is 45.6 Å². The average molecular weight is 397 g/mol. The third kappa shape index (κ3) is 2.85. The lowest BCUT2D eigenvalue weighted by Crippen LogP contribution is -2.38. The molecule has 6 heterocycles. The summed E-state index contributed by atoms with van der Waals surface area (Å²) >= 11 is 0. The molecule has 5 heteroatoms. The van der Waals surface area contributed by atoms with E-state index in [-0.39, 0.29) is 5.54 Å². The Morgan fingerprint density at radius 1 is 0.839 bits per heavy atom. The van der Waals surface area contributed by atoms with Gasteiger partial charge >= 0.3 is 0 Å². The topological polar surface area (TPSA) is 52.5 Å². The zero-order valence-corrected chi connectivity index (χ0v) is 16.8. The molecule has 8 bridgehead atoms. The molecule has 0 aliphatic carbocycles. The van der Waals surface area contributed by atoms with Crippen LogP contribution >= 0.6 is 0 Å². The lowest BCUT2D eigenvalue weighted by Gasteiger charge is -2.29. The van der Waals surface area contributed by atoms with E-state index in [9.17, 15) is 0 Å². The van der Waals surface area contributed by atoms with Crippen LogP contribution in [0.25, 0.3) is 12.2 Å². The monoisotopic (exact) mass is 397 g/mol. The van der Waals surface area contributed by atoms with Crippen molar-refractivity contribution in [3.05, 3.63) is 106 Å². The smallest absolute Gasteiger partial charge is 0.190 e. The lowest BCUT2D eigenvalue weighted by atomic mass is 9.83. The first-order valence-corrected chi connectivity index (χ1v) is 10.6. The van der Waals surface area contributed by atoms with Crippen molar-refractivity contribution in [3.63, 3.8) is 0 Å². The van der Waals surface area contributed by atoms with Gasteiger partial charge in [0.25, 0.3) is 0 Å². The van der Waals surface area contributed by atoms with Crippen LogP contribution in [0.3, 0.4) is 0 Å². The molecule has 145 valence electrons. The van der Waals surface area contributed by atoms with Gasteiger partial charge in [0.2, 0.25) is 0 Å². The van der Waals surface area contributed by atoms with Crippen LogP contribution in [0.4, 0.5) is 0 Å². The van der Waals surface area contributed by atoms with Gasteiger partial charge in [-0.1, -0.05) is 35.2 Å². The van der Waals surface area contributed by atoms with Crippen molar-refractivity contribution in [2.24, 2.45) is 9.98 Å². The van der Waals surface area contributed by atoms with E-state index in [1.54, 1.807) is 0 Å². The summed E-state index contributed by atoms with van der Waals surface area (Å²) < 4.78 is 0. The van der Waals surface area contributed by atoms with Crippen molar-refractivity contribution in [2.45, 2.75) is 12.0 Å². The normalized spacial score (nSPS) is 23.9. The highest BCUT2D eigenvalue weighted by molar-refractivity contribution is 6.87. The molecule has 2 N–H and O–H groups in total. The molecule has 0 saturated heterocycles. The molecule has 0 spiro atoms. The maximum atomic E-state index is 4.88. The summed E-state index contributed by atoms with van der Waals surface area (Å²) in [5.41, 5.74) is 8.57. The van der Waals surface area contributed by atoms with E-state index in [0.29, 0.717) is 0 Å². The van der Waals surface area contributed by atoms with Gasteiger partial charge in [0, 0.05) is 16.4 Å². The number of rotatable bonds is 1. The fraction of sp³-hybridized carbons (Fsp3) is 0.0769. The van der Waals surface area contributed by atoms with Gasteiger partial charge < -0.3 is 10.3 Å². The zero-order valence-electron chi connectivity index (χ0n) is 16.8. The molecule has 1 aromatic heterocycles. The number of nitrogens with one attached hydrogen (secondary N) is 2. The first-order valence-electron chi connectivity index (χ1n) is 10.6. The fourth-order valence-corrected chi connectivity index (χ4v) is 4.73. The Balaban J connectivity index is 1.42. The van der Waals surface area contributed by atoms with Gasteiger partial charge in [-0.15, -0.1) is 0 Å². The molecule has 31 heavy (non-hydrogen) atoms. The molecule has 7 rings (SSSR count). The van der Waals surface area contributed by atoms with Crippen LogP contribution in [0.5, 0.6) is 0 Å². The van der Waals surface area contributed by atoms with Crippen molar-refractivity contribution in [3.8, 4) is 0 Å². The summed E-state index contributed by atoms with van der Waals surface area (Å²) in [4.78, 5) is 13.1. The van der Waals surface area contributed by atoms with Gasteiger partial charge in [0.05, 0.1) is 28.4 Å². The second-order valence-electron chi connectivity index (χ2n) is 8.45. The van der Waals surface area contributed by atoms with Gasteiger partial charge in [-0.2, -0.15) is 0 Å². The quantitative estimate of drug-likeness (QED) is 0.595. The maximum Gasteiger partial charge on any atom is 0.190 e. The number of hydrogen-bond donors (Lipinski definition) is 2. The SMILES string of the molecule is [B]1c2cccc(C34C=C5C=CC(=N5)C=c5ccc([nH]5)=CC5=NC(=CC(=CC3)N4)C=C5)c21. The molecule has 0 saturated carbocycles. The first kappa shape index (κ1) is 16.9. The van der Waals surface area contributed by atoms with Crippen LogP contribution < -0.4 is 26.9 Å². The van der Waals surface area contributed by atoms with E-state index < -0.39 is 0 Å². The Morgan fingerprint density at radius 2 is 1.61 bits per heavy atom. The van der Waals surface area contributed by atoms with Crippen molar-refractivity contribution in [2.75, 3.05) is 0 Å². The van der Waals surface area contributed by atoms with Crippen molar-refractivity contribution in [1.29, 1.82) is 0 Å². The number of fused-ring (bicyclic) bond motifs is 7. The van der Waals surface area contributed by atoms with Crippen LogP contribution in [-0.2, 0) is 5.54 Å². The minimum atomic E-state index is -0.318. The Labute approximate surface area is 180 Å². The summed E-state index contributed by atoms with van der Waals surface area (Å²) in [5.74, 6) is 0. The third-order valence-electron chi connectivity index (χ3n) is 6.25. The minimum absolute atomic E-state index is 0.318. The van der Waals surface area contributed by atoms with E-state index in [4.69, 9.17) is 9.98 Å². The summed E-state index contributed by atoms with van der Waals surface area (Å²) in [6, 6.07) is 10.7. The highest BCUT2D eigenvalue weighted by Crippen LogP contribution is 2.36. The van der Waals surface area contributed by atoms with Crippen LogP contribution in [0.2, 0.25) is 0 Å². The molecular weight excluding hydrogens is 379 g/mol. The minimum Gasteiger partial charge on any atom is -0.372 e. The molecule has 1 unspecified atom stereocenters. The standard InChI is InChI=1S/C26H18BN4/c1-2-23(25-24(3-1)27-25)26-11-10-21(31-26)14-20-7-6-17(29-20)12-16-4-5-18(28-16)13-19-8-9-22(15-26)30-19/h1-10,12-15,28,31H,11H2. The number of aliphatic imine (C=N–C) groups is 2. The van der Waals surface area contributed by atoms with Crippen LogP contribution in [0.1, 0.15) is 12.0 Å². The summed E-state index contributed by atoms with van der Waals surface area (Å²) in [7, 11) is 2.25. The lowest BCUT2D eigenvalue weighted by molar-refractivity contribution is 0.507. The number of benzene rings is 1. The predicted molar refractivity (Wildman–Crippen MR) is 127 cm³/mol. The van der Waals surface area contributed by atoms with E-state index in [1.807, 2.05) is 0 Å². The van der Waals surface area contributed by atoms with Gasteiger partial charge in [0.15, 0.2) is 7.28 Å². The fourth-order valence-electron chi connectivity index (χ4n) is 4.73. The molecule has 1 aromatic carbocycles. The van der Waals surface area contributed by atoms with Crippen molar-refractivity contribution in [1.82, 2.24) is 10.3 Å². The molecule has 5 aliphatic rings. The van der Waals surface area contributed by atoms with E-state index in [2.05, 4.69) is 103 Å². The predicted octanol–water partition coefficient (Wildman–Crippen LogP) is 1.12. The Morgan fingerprint density at radius 3 is 2.45 bits per heavy atom. The maximum absolute atomic E-state index is 4.88. The van der Waals surface area contributed by atoms with E-state index >= 15 is 0 Å². The molecular formula is C26H18BN4. The van der Waals surface area contributed by atoms with E-state index in [1.165, 1.54) is 16.5 Å². The average Bonchev–Trinajstić information content (AvgIpc) is 3.17. The molecule has 0 fully saturated rings. The Bertz CT molecular complexity index is 1510. The van der Waals surface area contributed by atoms with Crippen molar-refractivity contribution >= 4 is 41.8 Å². The number of aromatic nitrogens is 1. The van der Waals surface area contributed by atoms with Gasteiger partial charge in [-0.3, -0.25) is 0 Å². The first-order chi connectivity index (χ1) is 15.2. The van der Waals surface area contributed by atoms with Gasteiger partial charge in [-0.25, -0.2) is 9.98 Å². The molecule has 0 amide bonds. The second-order valence-corrected chi connectivity index (χ2v) is 8.45. The van der Waals surface area contributed by atoms with Crippen LogP contribution in [0.15, 0.2) is 99.9 Å². The number of H-pyrrole nitrogens is 1. The highest BCUT2D eigenvalue weighted by atomic mass is 15.0. The highest BCUT2D eigenvalue weighted by Gasteiger charge is 2.39.